The Kier molecular flexibility index (Phi) is 3.21. The maximum atomic E-state index is 8.88. The monoisotopic (exact) mass is 278 g/mol. The molecule has 0 radical (unpaired) electrons. The number of phenolic OH excluding ortho intramolecular Hbond substituents is 1. The van der Waals surface area contributed by atoms with Crippen molar-refractivity contribution in [2.24, 2.45) is 0 Å². The molecule has 0 aliphatic carbocycles. The predicted octanol–water partition coefficient (Wildman–Crippen LogP) is 1.56. The summed E-state index contributed by atoms with van der Waals surface area (Å²) in [6.45, 7) is 0. The molecule has 0 aliphatic rings. The molecule has 0 aromatic heterocycles. The molecule has 0 unspecified atom stereocenters. The average Bonchev–Trinajstić information content (AvgIpc) is 1.88. The molecule has 0 amide bonds. The van der Waals surface area contributed by atoms with Crippen LogP contribution in [-0.2, 0) is 0 Å². The van der Waals surface area contributed by atoms with Gasteiger partial charge in [0.25, 0.3) is 0 Å². The van der Waals surface area contributed by atoms with Gasteiger partial charge in [0.2, 0.25) is 0 Å². The molecule has 1 N–H and O–H groups in total. The van der Waals surface area contributed by atoms with Crippen LogP contribution in [-0.4, -0.2) is 24.2 Å². The number of phenols is 1. The SMILES string of the molecule is Oc1cc[c]([In]([Cl])[Cl])cc1. The number of hydrogen-bond donors (Lipinski definition) is 1. The molecule has 0 bridgehead atoms. The molecule has 0 atom stereocenters. The van der Waals surface area contributed by atoms with Gasteiger partial charge in [0.05, 0.1) is 0 Å². The second-order valence-corrected chi connectivity index (χ2v) is 12.9. The van der Waals surface area contributed by atoms with Crippen molar-refractivity contribution in [3.63, 3.8) is 0 Å². The molecule has 10 heavy (non-hydrogen) atoms. The third-order valence-electron chi connectivity index (χ3n) is 1.15. The summed E-state index contributed by atoms with van der Waals surface area (Å²) in [5, 5.41) is 8.88. The number of benzene rings is 1. The van der Waals surface area contributed by atoms with Gasteiger partial charge in [-0.2, -0.15) is 0 Å². The van der Waals surface area contributed by atoms with Gasteiger partial charge in [0.1, 0.15) is 0 Å². The van der Waals surface area contributed by atoms with Crippen LogP contribution in [0.25, 0.3) is 0 Å². The summed E-state index contributed by atoms with van der Waals surface area (Å²) in [5.74, 6) is 0.254. The Morgan fingerprint density at radius 3 is 2.00 bits per heavy atom. The van der Waals surface area contributed by atoms with Crippen molar-refractivity contribution in [3.8, 4) is 5.75 Å². The molecule has 0 aliphatic heterocycles. The van der Waals surface area contributed by atoms with E-state index in [1.165, 1.54) is 0 Å². The Hall–Kier alpha value is 0.470. The molecule has 0 fully saturated rings. The zero-order valence-corrected chi connectivity index (χ0v) is 9.90. The van der Waals surface area contributed by atoms with E-state index in [1.807, 2.05) is 0 Å². The van der Waals surface area contributed by atoms with Crippen molar-refractivity contribution in [3.05, 3.63) is 24.3 Å². The van der Waals surface area contributed by atoms with E-state index < -0.39 is 19.1 Å². The van der Waals surface area contributed by atoms with Crippen LogP contribution in [0.1, 0.15) is 0 Å². The second-order valence-electron chi connectivity index (χ2n) is 1.89. The first-order valence-electron chi connectivity index (χ1n) is 2.77. The van der Waals surface area contributed by atoms with Gasteiger partial charge in [-0.15, -0.1) is 0 Å². The minimum atomic E-state index is -2.33. The summed E-state index contributed by atoms with van der Waals surface area (Å²) < 4.78 is 1.00. The topological polar surface area (TPSA) is 20.2 Å². The Morgan fingerprint density at radius 2 is 1.60 bits per heavy atom. The number of hydrogen-bond acceptors (Lipinski definition) is 1. The molecule has 52 valence electrons. The second kappa shape index (κ2) is 3.74. The van der Waals surface area contributed by atoms with Crippen LogP contribution in [0.2, 0.25) is 0 Å². The average molecular weight is 279 g/mol. The fourth-order valence-electron chi connectivity index (χ4n) is 0.620. The summed E-state index contributed by atoms with van der Waals surface area (Å²) in [5.41, 5.74) is 0. The first-order chi connectivity index (χ1) is 4.70. The number of aromatic hydroxyl groups is 1. The molecule has 1 aromatic carbocycles. The molecule has 0 heterocycles. The van der Waals surface area contributed by atoms with Gasteiger partial charge < -0.3 is 0 Å². The number of rotatable bonds is 1. The first-order valence-corrected chi connectivity index (χ1v) is 12.8. The normalized spacial score (nSPS) is 9.40. The Morgan fingerprint density at radius 1 is 1.10 bits per heavy atom. The van der Waals surface area contributed by atoms with E-state index in [-0.39, 0.29) is 5.75 Å². The summed E-state index contributed by atoms with van der Waals surface area (Å²) in [4.78, 5) is 0. The van der Waals surface area contributed by atoms with Gasteiger partial charge >= 0.3 is 74.7 Å². The summed E-state index contributed by atoms with van der Waals surface area (Å²) in [7, 11) is 11.5. The van der Waals surface area contributed by atoms with Crippen molar-refractivity contribution in [2.75, 3.05) is 0 Å². The van der Waals surface area contributed by atoms with E-state index in [9.17, 15) is 0 Å². The van der Waals surface area contributed by atoms with Crippen LogP contribution in [0.15, 0.2) is 24.3 Å². The Bertz CT molecular complexity index is 209. The zero-order chi connectivity index (χ0) is 7.56. The molecule has 0 spiro atoms. The van der Waals surface area contributed by atoms with Crippen molar-refractivity contribution < 1.29 is 5.11 Å². The van der Waals surface area contributed by atoms with Crippen LogP contribution in [0.5, 0.6) is 5.75 Å². The van der Waals surface area contributed by atoms with E-state index in [0.717, 1.165) is 3.32 Å². The molecule has 4 heteroatoms. The van der Waals surface area contributed by atoms with Crippen molar-refractivity contribution >= 4 is 39.5 Å². The number of halogens is 2. The van der Waals surface area contributed by atoms with Crippen molar-refractivity contribution in [1.29, 1.82) is 0 Å². The predicted molar refractivity (Wildman–Crippen MR) is 45.2 cm³/mol. The first kappa shape index (κ1) is 8.57. The summed E-state index contributed by atoms with van der Waals surface area (Å²) in [6.07, 6.45) is 0. The zero-order valence-electron chi connectivity index (χ0n) is 5.09. The van der Waals surface area contributed by atoms with Gasteiger partial charge in [-0.05, 0) is 0 Å². The van der Waals surface area contributed by atoms with Gasteiger partial charge in [0, 0.05) is 0 Å². The Balaban J connectivity index is 2.89. The van der Waals surface area contributed by atoms with Gasteiger partial charge in [-0.1, -0.05) is 0 Å². The Labute approximate surface area is 74.3 Å². The molecule has 0 saturated heterocycles. The molecule has 0 saturated carbocycles. The molecule has 1 aromatic rings. The van der Waals surface area contributed by atoms with Crippen LogP contribution in [0.4, 0.5) is 0 Å². The van der Waals surface area contributed by atoms with E-state index in [0.29, 0.717) is 0 Å². The van der Waals surface area contributed by atoms with E-state index >= 15 is 0 Å². The fourth-order valence-corrected chi connectivity index (χ4v) is 3.95. The standard InChI is InChI=1S/C6H5O.2ClH.In/c7-6-4-2-1-3-5-6;;;/h2-5,7H;2*1H;/q;;;+2/p-2. The molecule has 1 nitrogen and oxygen atoms in total. The van der Waals surface area contributed by atoms with Crippen LogP contribution in [0.3, 0.4) is 0 Å². The van der Waals surface area contributed by atoms with E-state index in [1.54, 1.807) is 24.3 Å². The van der Waals surface area contributed by atoms with Crippen LogP contribution >= 0.6 is 17.2 Å². The van der Waals surface area contributed by atoms with Crippen molar-refractivity contribution in [1.82, 2.24) is 0 Å². The fraction of sp³-hybridized carbons (Fsp3) is 0. The summed E-state index contributed by atoms with van der Waals surface area (Å²) >= 11 is -2.33. The van der Waals surface area contributed by atoms with Gasteiger partial charge in [-0.25, -0.2) is 0 Å². The van der Waals surface area contributed by atoms with Crippen molar-refractivity contribution in [2.45, 2.75) is 0 Å². The quantitative estimate of drug-likeness (QED) is 0.827. The third kappa shape index (κ3) is 2.26. The van der Waals surface area contributed by atoms with Crippen LogP contribution < -0.4 is 3.32 Å². The van der Waals surface area contributed by atoms with Gasteiger partial charge in [0.15, 0.2) is 0 Å². The van der Waals surface area contributed by atoms with Crippen LogP contribution in [0, 0.1) is 0 Å². The molecular formula is C6H5Cl2InO. The summed E-state index contributed by atoms with van der Waals surface area (Å²) in [6, 6.07) is 6.75. The maximum absolute atomic E-state index is 8.88. The minimum absolute atomic E-state index is 0.254. The molecule has 1 rings (SSSR count). The molecular weight excluding hydrogens is 274 g/mol. The van der Waals surface area contributed by atoms with Gasteiger partial charge in [-0.3, -0.25) is 0 Å². The van der Waals surface area contributed by atoms with E-state index in [2.05, 4.69) is 0 Å². The third-order valence-corrected chi connectivity index (χ3v) is 7.06. The van der Waals surface area contributed by atoms with E-state index in [4.69, 9.17) is 22.3 Å².